The van der Waals surface area contributed by atoms with Gasteiger partial charge in [0.15, 0.2) is 0 Å². The van der Waals surface area contributed by atoms with E-state index in [2.05, 4.69) is 4.72 Å². The number of likely N-dealkylation sites (tertiary alicyclic amines) is 1. The molecule has 2 fully saturated rings. The van der Waals surface area contributed by atoms with Crippen LogP contribution >= 0.6 is 0 Å². The molecule has 0 aromatic rings. The number of carbonyl (C=O) groups is 2. The number of aliphatic carboxylic acids is 1. The van der Waals surface area contributed by atoms with E-state index in [1.807, 2.05) is 0 Å². The number of hydrogen-bond acceptors (Lipinski definition) is 4. The number of fused-ring (bicyclic) bond motifs is 1. The van der Waals surface area contributed by atoms with Crippen molar-refractivity contribution in [2.24, 2.45) is 11.3 Å². The number of sulfonamides is 1. The smallest absolute Gasteiger partial charge is 0.311 e. The second-order valence-corrected chi connectivity index (χ2v) is 7.64. The Morgan fingerprint density at radius 1 is 1.45 bits per heavy atom. The van der Waals surface area contributed by atoms with Gasteiger partial charge in [0.2, 0.25) is 15.9 Å². The number of amides is 1. The van der Waals surface area contributed by atoms with Crippen LogP contribution in [-0.2, 0) is 19.6 Å². The number of nitrogens with zero attached hydrogens (tertiary/aromatic N) is 1. The first kappa shape index (κ1) is 15.2. The number of hydrogen-bond donors (Lipinski definition) is 2. The van der Waals surface area contributed by atoms with E-state index in [1.165, 1.54) is 11.8 Å². The standard InChI is InChI=1S/C12H20N2O5S/c1-2-20(18,19)13-6-10(15)14-7-9-4-3-5-12(9,8-14)11(16)17/h9,13H,2-8H2,1H3,(H,16,17)/t9-,12+/m0/s1. The summed E-state index contributed by atoms with van der Waals surface area (Å²) >= 11 is 0. The van der Waals surface area contributed by atoms with Crippen LogP contribution < -0.4 is 4.72 Å². The molecule has 1 aliphatic heterocycles. The van der Waals surface area contributed by atoms with Crippen LogP contribution in [0.1, 0.15) is 26.2 Å². The highest BCUT2D eigenvalue weighted by Gasteiger charge is 2.55. The zero-order valence-electron chi connectivity index (χ0n) is 11.5. The highest BCUT2D eigenvalue weighted by Crippen LogP contribution is 2.48. The van der Waals surface area contributed by atoms with Crippen molar-refractivity contribution in [3.05, 3.63) is 0 Å². The predicted molar refractivity (Wildman–Crippen MR) is 71.5 cm³/mol. The molecule has 20 heavy (non-hydrogen) atoms. The van der Waals surface area contributed by atoms with E-state index in [4.69, 9.17) is 0 Å². The zero-order chi connectivity index (χ0) is 15.0. The maximum Gasteiger partial charge on any atom is 0.311 e. The Balaban J connectivity index is 1.99. The Morgan fingerprint density at radius 2 is 2.15 bits per heavy atom. The number of carboxylic acid groups (broad SMARTS) is 1. The van der Waals surface area contributed by atoms with Gasteiger partial charge in [-0.3, -0.25) is 9.59 Å². The molecule has 0 unspecified atom stereocenters. The molecule has 7 nitrogen and oxygen atoms in total. The summed E-state index contributed by atoms with van der Waals surface area (Å²) in [6, 6.07) is 0. The van der Waals surface area contributed by atoms with Crippen LogP contribution in [0.25, 0.3) is 0 Å². The third kappa shape index (κ3) is 2.67. The van der Waals surface area contributed by atoms with Gasteiger partial charge < -0.3 is 10.0 Å². The lowest BCUT2D eigenvalue weighted by atomic mass is 9.81. The topological polar surface area (TPSA) is 104 Å². The van der Waals surface area contributed by atoms with E-state index in [1.54, 1.807) is 0 Å². The third-order valence-corrected chi connectivity index (χ3v) is 5.82. The highest BCUT2D eigenvalue weighted by atomic mass is 32.2. The Bertz CT molecular complexity index is 518. The molecule has 2 atom stereocenters. The summed E-state index contributed by atoms with van der Waals surface area (Å²) in [4.78, 5) is 25.0. The molecule has 0 bridgehead atoms. The van der Waals surface area contributed by atoms with Gasteiger partial charge in [-0.25, -0.2) is 13.1 Å². The monoisotopic (exact) mass is 304 g/mol. The second-order valence-electron chi connectivity index (χ2n) is 5.55. The molecule has 1 aliphatic carbocycles. The molecule has 1 saturated carbocycles. The van der Waals surface area contributed by atoms with Gasteiger partial charge in [0, 0.05) is 13.1 Å². The van der Waals surface area contributed by atoms with Gasteiger partial charge in [-0.1, -0.05) is 6.42 Å². The van der Waals surface area contributed by atoms with E-state index in [-0.39, 0.29) is 30.7 Å². The summed E-state index contributed by atoms with van der Waals surface area (Å²) in [7, 11) is -3.41. The fraction of sp³-hybridized carbons (Fsp3) is 0.833. The molecule has 0 aromatic heterocycles. The molecule has 8 heteroatoms. The normalized spacial score (nSPS) is 29.4. The Labute approximate surface area is 118 Å². The van der Waals surface area contributed by atoms with Crippen molar-refractivity contribution >= 4 is 21.9 Å². The van der Waals surface area contributed by atoms with Crippen LogP contribution in [0, 0.1) is 11.3 Å². The van der Waals surface area contributed by atoms with Crippen molar-refractivity contribution in [2.75, 3.05) is 25.4 Å². The van der Waals surface area contributed by atoms with Crippen LogP contribution in [0.2, 0.25) is 0 Å². The van der Waals surface area contributed by atoms with Crippen molar-refractivity contribution in [3.8, 4) is 0 Å². The number of carboxylic acids is 1. The molecular formula is C12H20N2O5S. The fourth-order valence-electron chi connectivity index (χ4n) is 3.21. The van der Waals surface area contributed by atoms with Crippen LogP contribution in [0.4, 0.5) is 0 Å². The van der Waals surface area contributed by atoms with Crippen molar-refractivity contribution in [1.29, 1.82) is 0 Å². The number of nitrogens with one attached hydrogen (secondary N) is 1. The molecule has 1 saturated heterocycles. The predicted octanol–water partition coefficient (Wildman–Crippen LogP) is -0.361. The summed E-state index contributed by atoms with van der Waals surface area (Å²) in [5, 5.41) is 9.42. The number of carbonyl (C=O) groups excluding carboxylic acids is 1. The van der Waals surface area contributed by atoms with Gasteiger partial charge in [-0.15, -0.1) is 0 Å². The molecule has 0 spiro atoms. The molecule has 2 N–H and O–H groups in total. The molecule has 1 heterocycles. The average Bonchev–Trinajstić information content (AvgIpc) is 2.93. The van der Waals surface area contributed by atoms with E-state index in [0.717, 1.165) is 12.8 Å². The van der Waals surface area contributed by atoms with Crippen LogP contribution in [0.3, 0.4) is 0 Å². The molecular weight excluding hydrogens is 284 g/mol. The quantitative estimate of drug-likeness (QED) is 0.722. The average molecular weight is 304 g/mol. The van der Waals surface area contributed by atoms with Gasteiger partial charge in [-0.2, -0.15) is 0 Å². The highest BCUT2D eigenvalue weighted by molar-refractivity contribution is 7.89. The van der Waals surface area contributed by atoms with Crippen molar-refractivity contribution < 1.29 is 23.1 Å². The maximum absolute atomic E-state index is 12.0. The molecule has 0 radical (unpaired) electrons. The first-order valence-corrected chi connectivity index (χ1v) is 8.44. The van der Waals surface area contributed by atoms with Gasteiger partial charge in [-0.05, 0) is 25.7 Å². The van der Waals surface area contributed by atoms with Gasteiger partial charge >= 0.3 is 5.97 Å². The van der Waals surface area contributed by atoms with Crippen molar-refractivity contribution in [3.63, 3.8) is 0 Å². The summed E-state index contributed by atoms with van der Waals surface area (Å²) in [5.41, 5.74) is -0.820. The van der Waals surface area contributed by atoms with Gasteiger partial charge in [0.1, 0.15) is 0 Å². The lowest BCUT2D eigenvalue weighted by molar-refractivity contribution is -0.149. The zero-order valence-corrected chi connectivity index (χ0v) is 12.3. The van der Waals surface area contributed by atoms with Crippen LogP contribution in [0.15, 0.2) is 0 Å². The lowest BCUT2D eigenvalue weighted by Crippen LogP contribution is -2.41. The van der Waals surface area contributed by atoms with E-state index in [0.29, 0.717) is 13.0 Å². The minimum absolute atomic E-state index is 0.00766. The molecule has 2 rings (SSSR count). The van der Waals surface area contributed by atoms with Crippen molar-refractivity contribution in [2.45, 2.75) is 26.2 Å². The van der Waals surface area contributed by atoms with E-state index < -0.39 is 21.4 Å². The Hall–Kier alpha value is -1.15. The summed E-state index contributed by atoms with van der Waals surface area (Å²) in [5.74, 6) is -1.28. The second kappa shape index (κ2) is 5.33. The molecule has 1 amide bonds. The van der Waals surface area contributed by atoms with Crippen LogP contribution in [-0.4, -0.2) is 55.7 Å². The largest absolute Gasteiger partial charge is 0.481 e. The van der Waals surface area contributed by atoms with E-state index >= 15 is 0 Å². The van der Waals surface area contributed by atoms with Crippen molar-refractivity contribution in [1.82, 2.24) is 9.62 Å². The minimum Gasteiger partial charge on any atom is -0.481 e. The Kier molecular flexibility index (Phi) is 4.06. The van der Waals surface area contributed by atoms with Crippen LogP contribution in [0.5, 0.6) is 0 Å². The summed E-state index contributed by atoms with van der Waals surface area (Å²) in [6.45, 7) is 1.81. The first-order chi connectivity index (χ1) is 9.31. The number of rotatable bonds is 5. The van der Waals surface area contributed by atoms with E-state index in [9.17, 15) is 23.1 Å². The lowest BCUT2D eigenvalue weighted by Gasteiger charge is -2.23. The summed E-state index contributed by atoms with van der Waals surface area (Å²) in [6.07, 6.45) is 2.29. The Morgan fingerprint density at radius 3 is 2.70 bits per heavy atom. The molecule has 0 aromatic carbocycles. The summed E-state index contributed by atoms with van der Waals surface area (Å²) < 4.78 is 24.8. The third-order valence-electron chi connectivity index (χ3n) is 4.47. The minimum atomic E-state index is -3.41. The van der Waals surface area contributed by atoms with Gasteiger partial charge in [0.05, 0.1) is 17.7 Å². The molecule has 2 aliphatic rings. The first-order valence-electron chi connectivity index (χ1n) is 6.79. The SMILES string of the molecule is CCS(=O)(=O)NCC(=O)N1C[C@@H]2CCC[C@@]2(C(=O)O)C1. The fourth-order valence-corrected chi connectivity index (χ4v) is 3.76. The molecule has 114 valence electrons. The maximum atomic E-state index is 12.0. The van der Waals surface area contributed by atoms with Gasteiger partial charge in [0.25, 0.3) is 0 Å².